The zero-order valence-corrected chi connectivity index (χ0v) is 25.3. The van der Waals surface area contributed by atoms with Gasteiger partial charge in [0.25, 0.3) is 0 Å². The van der Waals surface area contributed by atoms with Crippen LogP contribution in [-0.2, 0) is 25.9 Å². The maximum absolute atomic E-state index is 2.44. The van der Waals surface area contributed by atoms with Crippen LogP contribution in [0.5, 0.6) is 0 Å². The van der Waals surface area contributed by atoms with E-state index in [1.165, 1.54) is 172 Å². The Morgan fingerprint density at radius 2 is 0.744 bits per heavy atom. The number of aryl methyl sites for hydroxylation is 4. The quantitative estimate of drug-likeness (QED) is 0.236. The van der Waals surface area contributed by atoms with E-state index in [1.54, 1.807) is 0 Å². The van der Waals surface area contributed by atoms with Gasteiger partial charge in [-0.3, -0.25) is 0 Å². The third-order valence-electron chi connectivity index (χ3n) is 8.51. The third-order valence-corrected chi connectivity index (χ3v) is 8.51. The van der Waals surface area contributed by atoms with Crippen molar-refractivity contribution >= 4 is 0 Å². The summed E-state index contributed by atoms with van der Waals surface area (Å²) in [7, 11) is 0. The average Bonchev–Trinajstić information content (AvgIpc) is 2.95. The number of hydrogen-bond donors (Lipinski definition) is 0. The van der Waals surface area contributed by atoms with Crippen LogP contribution in [0.3, 0.4) is 0 Å². The molecule has 0 fully saturated rings. The van der Waals surface area contributed by atoms with Gasteiger partial charge < -0.3 is 0 Å². The second-order valence-electron chi connectivity index (χ2n) is 12.2. The van der Waals surface area contributed by atoms with Crippen molar-refractivity contribution < 1.29 is 9.13 Å². The Kier molecular flexibility index (Phi) is 17.7. The molecule has 0 aliphatic carbocycles. The molecule has 0 unspecified atom stereocenters. The molecule has 1 aliphatic rings. The Balaban J connectivity index is 1.35. The predicted molar refractivity (Wildman–Crippen MR) is 167 cm³/mol. The van der Waals surface area contributed by atoms with Crippen LogP contribution in [0, 0.1) is 0 Å². The Morgan fingerprint density at radius 1 is 0.385 bits per heavy atom. The fraction of sp³-hybridized carbons (Fsp3) is 0.676. The minimum Gasteiger partial charge on any atom is -0.205 e. The first-order valence-electron chi connectivity index (χ1n) is 17.0. The smallest absolute Gasteiger partial charge is 0.171 e. The van der Waals surface area contributed by atoms with Gasteiger partial charge in [-0.05, 0) is 76.3 Å². The maximum Gasteiger partial charge on any atom is 0.171 e. The molecule has 4 bridgehead atoms. The van der Waals surface area contributed by atoms with Crippen molar-refractivity contribution in [3.63, 3.8) is 0 Å². The van der Waals surface area contributed by atoms with Crippen LogP contribution in [0.4, 0.5) is 0 Å². The second kappa shape index (κ2) is 21.8. The molecule has 2 nitrogen and oxygen atoms in total. The highest BCUT2D eigenvalue weighted by Gasteiger charge is 2.05. The van der Waals surface area contributed by atoms with Crippen LogP contribution in [0.15, 0.2) is 61.2 Å². The summed E-state index contributed by atoms with van der Waals surface area (Å²) in [6.07, 6.45) is 45.4. The standard InChI is InChI=1S/C37H60N2/c1-2-6-10-14-18-22-30-38-32-25-29-37(35-38)27-21-17-13-9-5-3-7-11-15-19-23-31-39-33-24-28-36(34-39)26-20-16-12-8-4-1/h1-2,24-25,28-29,32-35H,3-23,26-27,30-31H2/q+2/b2-1+. The molecule has 0 saturated heterocycles. The molecule has 0 aromatic carbocycles. The van der Waals surface area contributed by atoms with Crippen molar-refractivity contribution in [1.29, 1.82) is 0 Å². The van der Waals surface area contributed by atoms with E-state index in [2.05, 4.69) is 70.3 Å². The van der Waals surface area contributed by atoms with Crippen LogP contribution in [0.25, 0.3) is 0 Å². The van der Waals surface area contributed by atoms with Crippen LogP contribution in [-0.4, -0.2) is 0 Å². The largest absolute Gasteiger partial charge is 0.205 e. The summed E-state index contributed by atoms with van der Waals surface area (Å²) in [5, 5.41) is 0. The molecule has 0 radical (unpaired) electrons. The topological polar surface area (TPSA) is 7.76 Å². The zero-order valence-electron chi connectivity index (χ0n) is 25.3. The lowest BCUT2D eigenvalue weighted by molar-refractivity contribution is -0.697. The van der Waals surface area contributed by atoms with Gasteiger partial charge in [0.1, 0.15) is 13.1 Å². The SMILES string of the molecule is C1=C/CCCCCC[n+]2cccc(c2)CCCCCCCCCCCCC[n+]2cccc(c2)CCCCCC/1. The zero-order chi connectivity index (χ0) is 27.1. The number of allylic oxidation sites excluding steroid dienone is 2. The lowest BCUT2D eigenvalue weighted by Gasteiger charge is -2.04. The molecule has 2 aromatic rings. The first-order chi connectivity index (χ1) is 19.4. The molecule has 0 amide bonds. The highest BCUT2D eigenvalue weighted by molar-refractivity contribution is 5.05. The molecule has 3 heterocycles. The summed E-state index contributed by atoms with van der Waals surface area (Å²) < 4.78 is 4.86. The van der Waals surface area contributed by atoms with Gasteiger partial charge in [-0.15, -0.1) is 0 Å². The summed E-state index contributed by atoms with van der Waals surface area (Å²) in [5.74, 6) is 0. The maximum atomic E-state index is 2.44. The van der Waals surface area contributed by atoms with Gasteiger partial charge in [-0.25, -0.2) is 9.13 Å². The van der Waals surface area contributed by atoms with Crippen LogP contribution in [0.2, 0.25) is 0 Å². The van der Waals surface area contributed by atoms with E-state index in [4.69, 9.17) is 0 Å². The third kappa shape index (κ3) is 16.0. The highest BCUT2D eigenvalue weighted by Crippen LogP contribution is 2.13. The van der Waals surface area contributed by atoms with Crippen LogP contribution >= 0.6 is 0 Å². The minimum absolute atomic E-state index is 1.17. The minimum atomic E-state index is 1.17. The van der Waals surface area contributed by atoms with Crippen molar-refractivity contribution in [3.8, 4) is 0 Å². The van der Waals surface area contributed by atoms with E-state index in [0.717, 1.165) is 0 Å². The number of rotatable bonds is 0. The fourth-order valence-corrected chi connectivity index (χ4v) is 6.03. The van der Waals surface area contributed by atoms with E-state index in [1.807, 2.05) is 0 Å². The Morgan fingerprint density at radius 3 is 1.18 bits per heavy atom. The number of pyridine rings is 2. The Hall–Kier alpha value is -1.96. The van der Waals surface area contributed by atoms with Gasteiger partial charge >= 0.3 is 0 Å². The number of aromatic nitrogens is 2. The molecule has 0 N–H and O–H groups in total. The molecule has 2 aromatic heterocycles. The van der Waals surface area contributed by atoms with E-state index >= 15 is 0 Å². The average molecular weight is 533 g/mol. The van der Waals surface area contributed by atoms with Gasteiger partial charge in [0.2, 0.25) is 0 Å². The monoisotopic (exact) mass is 532 g/mol. The molecule has 3 rings (SSSR count). The van der Waals surface area contributed by atoms with E-state index in [-0.39, 0.29) is 0 Å². The summed E-state index contributed by atoms with van der Waals surface area (Å²) >= 11 is 0. The molecule has 2 heteroatoms. The van der Waals surface area contributed by atoms with Crippen LogP contribution < -0.4 is 9.13 Å². The normalized spacial score (nSPS) is 20.5. The molecule has 0 saturated carbocycles. The van der Waals surface area contributed by atoms with Crippen molar-refractivity contribution in [2.75, 3.05) is 0 Å². The lowest BCUT2D eigenvalue weighted by Crippen LogP contribution is -2.33. The molecule has 216 valence electrons. The van der Waals surface area contributed by atoms with E-state index < -0.39 is 0 Å². The molecule has 39 heavy (non-hydrogen) atoms. The van der Waals surface area contributed by atoms with E-state index in [0.29, 0.717) is 0 Å². The Labute approximate surface area is 242 Å². The summed E-state index contributed by atoms with van der Waals surface area (Å²) in [4.78, 5) is 0. The fourth-order valence-electron chi connectivity index (χ4n) is 6.03. The second-order valence-corrected chi connectivity index (χ2v) is 12.2. The van der Waals surface area contributed by atoms with E-state index in [9.17, 15) is 0 Å². The molecular formula is C37H60N2+2. The van der Waals surface area contributed by atoms with Gasteiger partial charge in [0.05, 0.1) is 0 Å². The van der Waals surface area contributed by atoms with Gasteiger partial charge in [0, 0.05) is 36.1 Å². The number of nitrogens with zero attached hydrogens (tertiary/aromatic N) is 2. The van der Waals surface area contributed by atoms with Crippen molar-refractivity contribution in [1.82, 2.24) is 0 Å². The van der Waals surface area contributed by atoms with Crippen LogP contribution in [0.1, 0.15) is 146 Å². The van der Waals surface area contributed by atoms with Gasteiger partial charge in [-0.2, -0.15) is 0 Å². The highest BCUT2D eigenvalue weighted by atomic mass is 14.9. The van der Waals surface area contributed by atoms with Crippen molar-refractivity contribution in [2.45, 2.75) is 161 Å². The Bertz CT molecular complexity index is 815. The molecule has 0 spiro atoms. The molecule has 0 atom stereocenters. The summed E-state index contributed by atoms with van der Waals surface area (Å²) in [6.45, 7) is 2.36. The van der Waals surface area contributed by atoms with Gasteiger partial charge in [0.15, 0.2) is 24.8 Å². The molecular weight excluding hydrogens is 472 g/mol. The predicted octanol–water partition coefficient (Wildman–Crippen LogP) is 9.81. The first kappa shape index (κ1) is 31.6. The number of fused-ring (bicyclic) bond motifs is 4. The number of hydrogen-bond acceptors (Lipinski definition) is 0. The van der Waals surface area contributed by atoms with Crippen molar-refractivity contribution in [3.05, 3.63) is 72.3 Å². The lowest BCUT2D eigenvalue weighted by atomic mass is 10.0. The summed E-state index contributed by atoms with van der Waals surface area (Å²) in [5.41, 5.74) is 3.04. The van der Waals surface area contributed by atoms with Crippen molar-refractivity contribution in [2.24, 2.45) is 0 Å². The van der Waals surface area contributed by atoms with Gasteiger partial charge in [-0.1, -0.05) is 82.8 Å². The first-order valence-corrected chi connectivity index (χ1v) is 17.0. The summed E-state index contributed by atoms with van der Waals surface area (Å²) in [6, 6.07) is 9.16. The molecule has 1 aliphatic heterocycles.